The lowest BCUT2D eigenvalue weighted by Crippen LogP contribution is -2.45. The molecule has 5 atom stereocenters. The fourth-order valence-electron chi connectivity index (χ4n) is 5.76. The number of amides is 2. The first-order chi connectivity index (χ1) is 22.0. The van der Waals surface area contributed by atoms with Crippen molar-refractivity contribution in [3.63, 3.8) is 0 Å². The summed E-state index contributed by atoms with van der Waals surface area (Å²) in [4.78, 5) is 38.6. The van der Waals surface area contributed by atoms with E-state index in [2.05, 4.69) is 10.6 Å². The summed E-state index contributed by atoms with van der Waals surface area (Å²) in [6, 6.07) is 1.89. The number of anilines is 1. The molecular formula is C36H50N2O8. The molecule has 0 unspecified atom stereocenters. The largest absolute Gasteiger partial charge is 0.508 e. The number of phenols is 2. The van der Waals surface area contributed by atoms with Gasteiger partial charge in [-0.05, 0) is 56.7 Å². The summed E-state index contributed by atoms with van der Waals surface area (Å²) in [6.45, 7) is 5.22. The molecule has 10 heteroatoms. The van der Waals surface area contributed by atoms with Crippen LogP contribution in [0.1, 0.15) is 77.7 Å². The minimum atomic E-state index is -0.940. The van der Waals surface area contributed by atoms with Gasteiger partial charge in [-0.25, -0.2) is 4.79 Å². The van der Waals surface area contributed by atoms with Gasteiger partial charge in [0.15, 0.2) is 0 Å². The number of nitrogens with one attached hydrogen (secondary N) is 2. The number of ether oxygens (including phenoxy) is 2. The number of benzene rings is 1. The Balaban J connectivity index is 1.82. The zero-order valence-corrected chi connectivity index (χ0v) is 27.4. The third kappa shape index (κ3) is 11.2. The molecule has 1 aromatic carbocycles. The maximum Gasteiger partial charge on any atom is 0.328 e. The summed E-state index contributed by atoms with van der Waals surface area (Å²) in [7, 11) is 1.49. The molecule has 1 aliphatic carbocycles. The van der Waals surface area contributed by atoms with Crippen molar-refractivity contribution < 1.29 is 39.2 Å². The fourth-order valence-corrected chi connectivity index (χ4v) is 5.76. The number of aliphatic hydroxyl groups excluding tert-OH is 1. The zero-order chi connectivity index (χ0) is 33.6. The standard InChI is InChI=1S/C36H50N2O8/c1-23-14-13-17-27-20-28(39)21-30(34(27)42)38-32(40)22-29(45-4)18-11-6-5-7-12-19-31(24(2)33(23)41)46-36(44)25(3)37-35(43)26-15-9-8-10-16-26/h5-7,11-12,14,18,20-21,24-26,29,31,33,39,41-42H,8-10,13,15-17,19,22H2,1-4H3,(H,37,43)(H,38,40)/b6-5+,12-7+,18-11+,23-14-/t24-,25-,29-,31+,33-/m1/s1. The highest BCUT2D eigenvalue weighted by atomic mass is 16.5. The van der Waals surface area contributed by atoms with Gasteiger partial charge >= 0.3 is 5.97 Å². The van der Waals surface area contributed by atoms with E-state index in [9.17, 15) is 29.7 Å². The number of carbonyl (C=O) groups excluding carboxylic acids is 3. The Morgan fingerprint density at radius 3 is 2.50 bits per heavy atom. The normalized spacial score (nSPS) is 27.8. The lowest BCUT2D eigenvalue weighted by atomic mass is 9.88. The molecule has 2 amide bonds. The number of rotatable bonds is 5. The van der Waals surface area contributed by atoms with Crippen molar-refractivity contribution in [2.75, 3.05) is 12.4 Å². The first-order valence-corrected chi connectivity index (χ1v) is 16.2. The van der Waals surface area contributed by atoms with Crippen molar-refractivity contribution in [3.8, 4) is 11.5 Å². The average Bonchev–Trinajstić information content (AvgIpc) is 3.04. The van der Waals surface area contributed by atoms with Crippen LogP contribution in [0.4, 0.5) is 5.69 Å². The van der Waals surface area contributed by atoms with E-state index in [0.717, 1.165) is 32.1 Å². The molecule has 10 nitrogen and oxygen atoms in total. The van der Waals surface area contributed by atoms with Gasteiger partial charge in [0.2, 0.25) is 11.8 Å². The SMILES string of the molecule is CO[C@@H]1/C=C/C=C/C=C/C[C@H](OC(=O)[C@@H](C)NC(=O)C2CCCCC2)[C@@H](C)[C@H](O)/C(C)=C\CCc2cc(O)cc(c2O)NC(=O)C1. The van der Waals surface area contributed by atoms with Crippen molar-refractivity contribution >= 4 is 23.5 Å². The number of methoxy groups -OCH3 is 1. The van der Waals surface area contributed by atoms with Crippen LogP contribution in [0.25, 0.3) is 0 Å². The smallest absolute Gasteiger partial charge is 0.328 e. The van der Waals surface area contributed by atoms with Gasteiger partial charge in [-0.2, -0.15) is 0 Å². The Morgan fingerprint density at radius 1 is 1.07 bits per heavy atom. The number of hydrogen-bond donors (Lipinski definition) is 5. The first-order valence-electron chi connectivity index (χ1n) is 16.2. The molecule has 2 aliphatic rings. The Bertz CT molecular complexity index is 1310. The predicted molar refractivity (Wildman–Crippen MR) is 177 cm³/mol. The van der Waals surface area contributed by atoms with Crippen LogP contribution in [0.2, 0.25) is 0 Å². The van der Waals surface area contributed by atoms with E-state index >= 15 is 0 Å². The van der Waals surface area contributed by atoms with E-state index in [4.69, 9.17) is 9.47 Å². The van der Waals surface area contributed by atoms with E-state index in [-0.39, 0.29) is 35.4 Å². The summed E-state index contributed by atoms with van der Waals surface area (Å²) >= 11 is 0. The Morgan fingerprint density at radius 2 is 1.78 bits per heavy atom. The van der Waals surface area contributed by atoms with Crippen LogP contribution in [0.15, 0.2) is 60.2 Å². The molecule has 1 saturated carbocycles. The van der Waals surface area contributed by atoms with Crippen LogP contribution in [0.5, 0.6) is 11.5 Å². The summed E-state index contributed by atoms with van der Waals surface area (Å²) in [5.74, 6) is -1.90. The lowest BCUT2D eigenvalue weighted by molar-refractivity contribution is -0.156. The van der Waals surface area contributed by atoms with Crippen molar-refractivity contribution in [1.29, 1.82) is 0 Å². The van der Waals surface area contributed by atoms with Crippen LogP contribution >= 0.6 is 0 Å². The Hall–Kier alpha value is -3.89. The minimum Gasteiger partial charge on any atom is -0.508 e. The second kappa shape index (κ2) is 18.3. The molecule has 0 aromatic heterocycles. The van der Waals surface area contributed by atoms with Crippen molar-refractivity contribution in [1.82, 2.24) is 5.32 Å². The zero-order valence-electron chi connectivity index (χ0n) is 27.4. The van der Waals surface area contributed by atoms with Crippen LogP contribution in [0.3, 0.4) is 0 Å². The molecule has 0 radical (unpaired) electrons. The van der Waals surface area contributed by atoms with Gasteiger partial charge in [0, 0.05) is 31.4 Å². The second-order valence-corrected chi connectivity index (χ2v) is 12.3. The number of carbonyl (C=O) groups is 3. The molecule has 252 valence electrons. The molecule has 0 saturated heterocycles. The fraction of sp³-hybridized carbons (Fsp3) is 0.528. The van der Waals surface area contributed by atoms with E-state index in [0.29, 0.717) is 30.4 Å². The van der Waals surface area contributed by atoms with Gasteiger partial charge in [0.1, 0.15) is 23.6 Å². The lowest BCUT2D eigenvalue weighted by Gasteiger charge is -2.29. The molecule has 1 aromatic rings. The maximum atomic E-state index is 13.1. The Kier molecular flexibility index (Phi) is 14.6. The van der Waals surface area contributed by atoms with Crippen molar-refractivity contribution in [2.45, 2.75) is 103 Å². The summed E-state index contributed by atoms with van der Waals surface area (Å²) in [6.07, 6.45) is 16.2. The van der Waals surface area contributed by atoms with Crippen LogP contribution in [0, 0.1) is 11.8 Å². The topological polar surface area (TPSA) is 154 Å². The van der Waals surface area contributed by atoms with E-state index in [1.807, 2.05) is 19.1 Å². The molecule has 1 heterocycles. The maximum absolute atomic E-state index is 13.1. The summed E-state index contributed by atoms with van der Waals surface area (Å²) in [5, 5.41) is 37.8. The van der Waals surface area contributed by atoms with Gasteiger partial charge in [0.25, 0.3) is 0 Å². The summed E-state index contributed by atoms with van der Waals surface area (Å²) in [5.41, 5.74) is 1.19. The number of allylic oxidation sites excluding steroid dienone is 5. The molecule has 0 spiro atoms. The number of phenolic OH excluding ortho intramolecular Hbond substituents is 2. The second-order valence-electron chi connectivity index (χ2n) is 12.3. The quantitative estimate of drug-likeness (QED) is 0.125. The Labute approximate surface area is 272 Å². The highest BCUT2D eigenvalue weighted by Gasteiger charge is 2.31. The average molecular weight is 639 g/mol. The molecule has 1 aliphatic heterocycles. The van der Waals surface area contributed by atoms with E-state index in [1.165, 1.54) is 19.2 Å². The molecular weight excluding hydrogens is 588 g/mol. The highest BCUT2D eigenvalue weighted by molar-refractivity contribution is 5.93. The minimum absolute atomic E-state index is 0.00853. The number of aliphatic hydroxyl groups is 1. The number of aromatic hydroxyl groups is 2. The van der Waals surface area contributed by atoms with Gasteiger partial charge in [0.05, 0.1) is 24.3 Å². The van der Waals surface area contributed by atoms with Gasteiger partial charge in [-0.3, -0.25) is 9.59 Å². The predicted octanol–water partition coefficient (Wildman–Crippen LogP) is 5.39. The number of esters is 1. The van der Waals surface area contributed by atoms with Crippen molar-refractivity contribution in [2.24, 2.45) is 11.8 Å². The van der Waals surface area contributed by atoms with Crippen molar-refractivity contribution in [3.05, 3.63) is 65.8 Å². The molecule has 3 rings (SSSR count). The summed E-state index contributed by atoms with van der Waals surface area (Å²) < 4.78 is 11.3. The number of fused-ring (bicyclic) bond motifs is 2. The van der Waals surface area contributed by atoms with Crippen LogP contribution < -0.4 is 10.6 Å². The number of aryl methyl sites for hydroxylation is 1. The van der Waals surface area contributed by atoms with Gasteiger partial charge in [-0.15, -0.1) is 0 Å². The van der Waals surface area contributed by atoms with Gasteiger partial charge < -0.3 is 35.4 Å². The molecule has 5 N–H and O–H groups in total. The van der Waals surface area contributed by atoms with E-state index < -0.39 is 42.1 Å². The molecule has 2 bridgehead atoms. The first kappa shape index (κ1) is 36.6. The number of hydrogen-bond acceptors (Lipinski definition) is 8. The molecule has 46 heavy (non-hydrogen) atoms. The third-order valence-electron chi connectivity index (χ3n) is 8.69. The van der Waals surface area contributed by atoms with Crippen LogP contribution in [-0.4, -0.2) is 64.6 Å². The van der Waals surface area contributed by atoms with Gasteiger partial charge in [-0.1, -0.05) is 68.7 Å². The molecule has 1 fully saturated rings. The monoisotopic (exact) mass is 638 g/mol. The van der Waals surface area contributed by atoms with Crippen LogP contribution in [-0.2, 0) is 30.3 Å². The van der Waals surface area contributed by atoms with E-state index in [1.54, 1.807) is 44.2 Å². The highest BCUT2D eigenvalue weighted by Crippen LogP contribution is 2.34. The third-order valence-corrected chi connectivity index (χ3v) is 8.69.